The summed E-state index contributed by atoms with van der Waals surface area (Å²) in [6, 6.07) is 2.69. The second-order valence-electron chi connectivity index (χ2n) is 5.84. The highest BCUT2D eigenvalue weighted by Crippen LogP contribution is 2.48. The van der Waals surface area contributed by atoms with Gasteiger partial charge in [0.1, 0.15) is 0 Å². The summed E-state index contributed by atoms with van der Waals surface area (Å²) in [7, 11) is 2.01. The van der Waals surface area contributed by atoms with Crippen molar-refractivity contribution < 1.29 is 4.79 Å². The summed E-state index contributed by atoms with van der Waals surface area (Å²) in [4.78, 5) is 10.9. The zero-order valence-electron chi connectivity index (χ0n) is 11.3. The van der Waals surface area contributed by atoms with E-state index >= 15 is 0 Å². The predicted molar refractivity (Wildman–Crippen MR) is 74.5 cm³/mol. The molecular weight excluding hydrogens is 238 g/mol. The topological polar surface area (TPSA) is 20.3 Å². The molecule has 0 spiro atoms. The summed E-state index contributed by atoms with van der Waals surface area (Å²) in [5.74, 6) is 0. The van der Waals surface area contributed by atoms with Crippen molar-refractivity contribution in [1.82, 2.24) is 4.90 Å². The van der Waals surface area contributed by atoms with E-state index in [1.807, 2.05) is 0 Å². The Morgan fingerprint density at radius 1 is 1.12 bits per heavy atom. The second kappa shape index (κ2) is 6.65. The van der Waals surface area contributed by atoms with Crippen LogP contribution in [0, 0.1) is 0 Å². The van der Waals surface area contributed by atoms with Gasteiger partial charge in [-0.2, -0.15) is 11.1 Å². The van der Waals surface area contributed by atoms with Crippen LogP contribution in [0.4, 0.5) is 0 Å². The van der Waals surface area contributed by atoms with Crippen molar-refractivity contribution >= 4 is 24.9 Å². The van der Waals surface area contributed by atoms with Gasteiger partial charge in [-0.1, -0.05) is 40.0 Å². The summed E-state index contributed by atoms with van der Waals surface area (Å²) in [5, 5.41) is 0.412. The fourth-order valence-electron chi connectivity index (χ4n) is 1.86. The Hall–Kier alpha value is -0.0231. The van der Waals surface area contributed by atoms with E-state index in [0.717, 1.165) is 6.41 Å². The van der Waals surface area contributed by atoms with Crippen molar-refractivity contribution in [2.75, 3.05) is 14.1 Å². The smallest absolute Gasteiger partial charge is 0.209 e. The third-order valence-electron chi connectivity index (χ3n) is 3.20. The molecule has 0 aliphatic carbocycles. The number of nitrogens with zero attached hydrogens (tertiary/aromatic N) is 1. The van der Waals surface area contributed by atoms with E-state index in [1.165, 1.54) is 36.3 Å². The number of halogens is 1. The fourth-order valence-corrected chi connectivity index (χ4v) is 6.03. The van der Waals surface area contributed by atoms with Crippen LogP contribution in [0.25, 0.3) is 0 Å². The van der Waals surface area contributed by atoms with Crippen LogP contribution >= 0.6 is 11.1 Å². The van der Waals surface area contributed by atoms with Crippen LogP contribution < -0.4 is 0 Å². The Morgan fingerprint density at radius 2 is 1.50 bits per heavy atom. The van der Waals surface area contributed by atoms with Crippen LogP contribution in [0.3, 0.4) is 0 Å². The molecule has 0 atom stereocenters. The summed E-state index contributed by atoms with van der Waals surface area (Å²) in [6.45, 7) is 6.95. The molecular formula is C12H26ClNOSi. The molecule has 0 aromatic heterocycles. The number of carbonyl (C=O) groups excluding carboxylic acids is 1. The SMILES string of the molecule is CC(C)(C)[Si]1(Cl)CCCCC1.CN(C)C=O. The minimum absolute atomic E-state index is 0.412. The van der Waals surface area contributed by atoms with Gasteiger partial charge in [-0.25, -0.2) is 0 Å². The molecule has 1 aliphatic heterocycles. The summed E-state index contributed by atoms with van der Waals surface area (Å²) in [5.41, 5.74) is 0. The van der Waals surface area contributed by atoms with Gasteiger partial charge < -0.3 is 4.90 Å². The highest BCUT2D eigenvalue weighted by molar-refractivity contribution is 7.21. The van der Waals surface area contributed by atoms with Gasteiger partial charge in [-0.3, -0.25) is 4.79 Å². The van der Waals surface area contributed by atoms with Gasteiger partial charge in [0.05, 0.1) is 0 Å². The maximum atomic E-state index is 9.43. The highest BCUT2D eigenvalue weighted by atomic mass is 35.6. The van der Waals surface area contributed by atoms with Crippen LogP contribution in [0.2, 0.25) is 17.1 Å². The molecule has 1 amide bonds. The van der Waals surface area contributed by atoms with E-state index in [1.54, 1.807) is 14.1 Å². The maximum absolute atomic E-state index is 9.43. The Balaban J connectivity index is 0.000000385. The number of amides is 1. The average molecular weight is 264 g/mol. The minimum Gasteiger partial charge on any atom is -0.351 e. The van der Waals surface area contributed by atoms with Crippen molar-refractivity contribution in [2.24, 2.45) is 0 Å². The van der Waals surface area contributed by atoms with Crippen LogP contribution in [0.15, 0.2) is 0 Å². The molecule has 1 heterocycles. The number of hydrogen-bond acceptors (Lipinski definition) is 1. The second-order valence-corrected chi connectivity index (χ2v) is 12.4. The van der Waals surface area contributed by atoms with Gasteiger partial charge >= 0.3 is 0 Å². The Morgan fingerprint density at radius 3 is 1.69 bits per heavy atom. The first-order valence-electron chi connectivity index (χ1n) is 6.03. The summed E-state index contributed by atoms with van der Waals surface area (Å²) >= 11 is 6.69. The van der Waals surface area contributed by atoms with Crippen molar-refractivity contribution in [2.45, 2.75) is 57.2 Å². The number of hydrogen-bond donors (Lipinski definition) is 0. The third kappa shape index (κ3) is 5.35. The lowest BCUT2D eigenvalue weighted by atomic mass is 10.2. The largest absolute Gasteiger partial charge is 0.351 e. The molecule has 0 saturated carbocycles. The number of carbonyl (C=O) groups is 1. The van der Waals surface area contributed by atoms with Gasteiger partial charge in [0, 0.05) is 14.1 Å². The van der Waals surface area contributed by atoms with Crippen molar-refractivity contribution in [3.63, 3.8) is 0 Å². The van der Waals surface area contributed by atoms with Crippen molar-refractivity contribution in [1.29, 1.82) is 0 Å². The van der Waals surface area contributed by atoms with E-state index in [2.05, 4.69) is 20.8 Å². The van der Waals surface area contributed by atoms with Gasteiger partial charge in [0.25, 0.3) is 0 Å². The molecule has 1 aliphatic rings. The quantitative estimate of drug-likeness (QED) is 0.400. The molecule has 96 valence electrons. The lowest BCUT2D eigenvalue weighted by Gasteiger charge is -2.40. The summed E-state index contributed by atoms with van der Waals surface area (Å²) in [6.07, 6.45) is 4.93. The zero-order valence-corrected chi connectivity index (χ0v) is 13.1. The predicted octanol–water partition coefficient (Wildman–Crippen LogP) is 3.86. The molecule has 1 saturated heterocycles. The molecule has 0 N–H and O–H groups in total. The van der Waals surface area contributed by atoms with Gasteiger partial charge in [0.2, 0.25) is 6.41 Å². The molecule has 16 heavy (non-hydrogen) atoms. The first-order valence-corrected chi connectivity index (χ1v) is 9.46. The van der Waals surface area contributed by atoms with Crippen LogP contribution in [-0.4, -0.2) is 32.8 Å². The van der Waals surface area contributed by atoms with E-state index in [0.29, 0.717) is 5.04 Å². The van der Waals surface area contributed by atoms with Crippen LogP contribution in [-0.2, 0) is 4.79 Å². The van der Waals surface area contributed by atoms with Gasteiger partial charge in [0.15, 0.2) is 7.38 Å². The lowest BCUT2D eigenvalue weighted by Crippen LogP contribution is -2.39. The third-order valence-corrected chi connectivity index (χ3v) is 11.0. The zero-order chi connectivity index (χ0) is 12.8. The lowest BCUT2D eigenvalue weighted by molar-refractivity contribution is -0.115. The Labute approximate surface area is 106 Å². The van der Waals surface area contributed by atoms with Crippen molar-refractivity contribution in [3.05, 3.63) is 0 Å². The molecule has 0 unspecified atom stereocenters. The van der Waals surface area contributed by atoms with E-state index < -0.39 is 7.38 Å². The Bertz CT molecular complexity index is 208. The summed E-state index contributed by atoms with van der Waals surface area (Å²) < 4.78 is 0. The molecule has 0 aromatic carbocycles. The highest BCUT2D eigenvalue weighted by Gasteiger charge is 2.43. The Kier molecular flexibility index (Phi) is 6.64. The van der Waals surface area contributed by atoms with E-state index in [-0.39, 0.29) is 0 Å². The van der Waals surface area contributed by atoms with Crippen LogP contribution in [0.5, 0.6) is 0 Å². The monoisotopic (exact) mass is 263 g/mol. The molecule has 1 fully saturated rings. The van der Waals surface area contributed by atoms with Gasteiger partial charge in [-0.15, -0.1) is 0 Å². The standard InChI is InChI=1S/C9H19ClSi.C3H7NO/c1-9(2,3)11(10)7-5-4-6-8-11;1-4(2)3-5/h4-8H2,1-3H3;3H,1-2H3. The van der Waals surface area contributed by atoms with E-state index in [4.69, 9.17) is 11.1 Å². The molecule has 1 rings (SSSR count). The molecule has 4 heteroatoms. The minimum atomic E-state index is -1.37. The van der Waals surface area contributed by atoms with Crippen LogP contribution in [0.1, 0.15) is 40.0 Å². The first-order chi connectivity index (χ1) is 7.23. The molecule has 0 aromatic rings. The molecule has 2 nitrogen and oxygen atoms in total. The fraction of sp³-hybridized carbons (Fsp3) is 0.917. The molecule has 0 radical (unpaired) electrons. The number of rotatable bonds is 1. The normalized spacial score (nSPS) is 19.4. The van der Waals surface area contributed by atoms with Gasteiger partial charge in [-0.05, 0) is 17.1 Å². The first kappa shape index (κ1) is 16.0. The van der Waals surface area contributed by atoms with E-state index in [9.17, 15) is 4.79 Å². The average Bonchev–Trinajstić information content (AvgIpc) is 2.18. The molecule has 0 bridgehead atoms. The maximum Gasteiger partial charge on any atom is 0.209 e. The van der Waals surface area contributed by atoms with Crippen molar-refractivity contribution in [3.8, 4) is 0 Å².